The van der Waals surface area contributed by atoms with E-state index in [0.29, 0.717) is 0 Å². The summed E-state index contributed by atoms with van der Waals surface area (Å²) in [6, 6.07) is 18.3. The minimum absolute atomic E-state index is 0.927. The third kappa shape index (κ3) is 3.27. The molecule has 0 amide bonds. The monoisotopic (exact) mass is 287 g/mol. The van der Waals surface area contributed by atoms with Gasteiger partial charge < -0.3 is 0 Å². The van der Waals surface area contributed by atoms with Crippen molar-refractivity contribution < 1.29 is 0 Å². The molecule has 17 heavy (non-hydrogen) atoms. The summed E-state index contributed by atoms with van der Waals surface area (Å²) < 4.78 is 1.09. The van der Waals surface area contributed by atoms with E-state index in [0.717, 1.165) is 22.3 Å². The van der Waals surface area contributed by atoms with Crippen molar-refractivity contribution in [2.45, 2.75) is 13.3 Å². The van der Waals surface area contributed by atoms with Crippen molar-refractivity contribution in [2.75, 3.05) is 0 Å². The molecule has 0 heterocycles. The van der Waals surface area contributed by atoms with Crippen LogP contribution in [0, 0.1) is 0 Å². The van der Waals surface area contributed by atoms with Gasteiger partial charge in [-0.25, -0.2) is 0 Å². The third-order valence-corrected chi connectivity index (χ3v) is 3.06. The first kappa shape index (κ1) is 12.1. The maximum Gasteiger partial charge on any atom is 0.0633 e. The summed E-state index contributed by atoms with van der Waals surface area (Å²) in [6.07, 6.45) is 0.927. The molecule has 0 saturated carbocycles. The summed E-state index contributed by atoms with van der Waals surface area (Å²) in [7, 11) is 0. The van der Waals surface area contributed by atoms with E-state index >= 15 is 0 Å². The number of para-hydroxylation sites is 1. The van der Waals surface area contributed by atoms with Crippen LogP contribution in [0.15, 0.2) is 64.1 Å². The van der Waals surface area contributed by atoms with Crippen LogP contribution in [0.25, 0.3) is 0 Å². The molecule has 0 unspecified atom stereocenters. The summed E-state index contributed by atoms with van der Waals surface area (Å²) in [4.78, 5) is 4.68. The van der Waals surface area contributed by atoms with Gasteiger partial charge in [0, 0.05) is 10.2 Å². The molecule has 2 aromatic rings. The van der Waals surface area contributed by atoms with Crippen molar-refractivity contribution in [3.63, 3.8) is 0 Å². The average molecular weight is 288 g/mol. The van der Waals surface area contributed by atoms with E-state index in [9.17, 15) is 0 Å². The fraction of sp³-hybridized carbons (Fsp3) is 0.133. The van der Waals surface area contributed by atoms with Gasteiger partial charge >= 0.3 is 0 Å². The van der Waals surface area contributed by atoms with Crippen molar-refractivity contribution in [1.29, 1.82) is 0 Å². The third-order valence-electron chi connectivity index (χ3n) is 2.53. The maximum atomic E-state index is 4.68. The number of nitrogens with zero attached hydrogens (tertiary/aromatic N) is 1. The first-order valence-corrected chi connectivity index (χ1v) is 6.47. The molecule has 0 saturated heterocycles. The Morgan fingerprint density at radius 2 is 1.65 bits per heavy atom. The predicted molar refractivity (Wildman–Crippen MR) is 77.1 cm³/mol. The second kappa shape index (κ2) is 5.78. The van der Waals surface area contributed by atoms with Crippen LogP contribution >= 0.6 is 15.9 Å². The van der Waals surface area contributed by atoms with Crippen molar-refractivity contribution in [2.24, 2.45) is 4.99 Å². The number of halogens is 1. The second-order valence-electron chi connectivity index (χ2n) is 3.75. The van der Waals surface area contributed by atoms with E-state index in [1.54, 1.807) is 0 Å². The Labute approximate surface area is 110 Å². The van der Waals surface area contributed by atoms with Crippen molar-refractivity contribution >= 4 is 27.3 Å². The molecular weight excluding hydrogens is 274 g/mol. The van der Waals surface area contributed by atoms with E-state index in [1.807, 2.05) is 42.5 Å². The SMILES string of the molecule is CCC(=Nc1ccccc1)c1ccc(Br)cc1. The lowest BCUT2D eigenvalue weighted by atomic mass is 10.1. The molecule has 0 aliphatic carbocycles. The highest BCUT2D eigenvalue weighted by Gasteiger charge is 2.01. The molecular formula is C15H14BrN. The molecule has 2 heteroatoms. The van der Waals surface area contributed by atoms with Crippen LogP contribution in [0.5, 0.6) is 0 Å². The van der Waals surface area contributed by atoms with Crippen LogP contribution in [0.2, 0.25) is 0 Å². The first-order chi connectivity index (χ1) is 8.29. The average Bonchev–Trinajstić information content (AvgIpc) is 2.38. The van der Waals surface area contributed by atoms with Crippen molar-refractivity contribution in [3.8, 4) is 0 Å². The molecule has 0 radical (unpaired) electrons. The molecule has 0 spiro atoms. The van der Waals surface area contributed by atoms with Crippen LogP contribution in [0.4, 0.5) is 5.69 Å². The van der Waals surface area contributed by atoms with Crippen LogP contribution in [0.1, 0.15) is 18.9 Å². The van der Waals surface area contributed by atoms with E-state index in [-0.39, 0.29) is 0 Å². The van der Waals surface area contributed by atoms with Gasteiger partial charge in [0.05, 0.1) is 5.69 Å². The molecule has 0 aliphatic rings. The molecule has 2 rings (SSSR count). The Morgan fingerprint density at radius 3 is 2.24 bits per heavy atom. The topological polar surface area (TPSA) is 12.4 Å². The minimum Gasteiger partial charge on any atom is -0.253 e. The zero-order valence-electron chi connectivity index (χ0n) is 9.73. The quantitative estimate of drug-likeness (QED) is 0.706. The van der Waals surface area contributed by atoms with Crippen LogP contribution < -0.4 is 0 Å². The number of hydrogen-bond acceptors (Lipinski definition) is 1. The lowest BCUT2D eigenvalue weighted by Crippen LogP contribution is -1.97. The van der Waals surface area contributed by atoms with E-state index in [2.05, 4.69) is 40.0 Å². The lowest BCUT2D eigenvalue weighted by Gasteiger charge is -2.04. The highest BCUT2D eigenvalue weighted by atomic mass is 79.9. The molecule has 0 atom stereocenters. The Hall–Kier alpha value is -1.41. The normalized spacial score (nSPS) is 11.5. The van der Waals surface area contributed by atoms with Gasteiger partial charge in [-0.1, -0.05) is 53.2 Å². The highest BCUT2D eigenvalue weighted by molar-refractivity contribution is 9.10. The van der Waals surface area contributed by atoms with Gasteiger partial charge in [0.1, 0.15) is 0 Å². The van der Waals surface area contributed by atoms with E-state index in [4.69, 9.17) is 0 Å². The Balaban J connectivity index is 2.34. The van der Waals surface area contributed by atoms with Crippen molar-refractivity contribution in [3.05, 3.63) is 64.6 Å². The largest absolute Gasteiger partial charge is 0.253 e. The highest BCUT2D eigenvalue weighted by Crippen LogP contribution is 2.16. The Morgan fingerprint density at radius 1 is 1.00 bits per heavy atom. The molecule has 0 fully saturated rings. The summed E-state index contributed by atoms with van der Waals surface area (Å²) >= 11 is 3.44. The summed E-state index contributed by atoms with van der Waals surface area (Å²) in [5.41, 5.74) is 3.30. The van der Waals surface area contributed by atoms with Crippen molar-refractivity contribution in [1.82, 2.24) is 0 Å². The fourth-order valence-corrected chi connectivity index (χ4v) is 1.91. The number of aliphatic imine (C=N–C) groups is 1. The fourth-order valence-electron chi connectivity index (χ4n) is 1.65. The number of hydrogen-bond donors (Lipinski definition) is 0. The zero-order chi connectivity index (χ0) is 12.1. The molecule has 0 aromatic heterocycles. The minimum atomic E-state index is 0.927. The van der Waals surface area contributed by atoms with E-state index in [1.165, 1.54) is 5.56 Å². The molecule has 1 nitrogen and oxygen atoms in total. The van der Waals surface area contributed by atoms with Gasteiger partial charge in [-0.15, -0.1) is 0 Å². The Kier molecular flexibility index (Phi) is 4.10. The van der Waals surface area contributed by atoms with E-state index < -0.39 is 0 Å². The summed E-state index contributed by atoms with van der Waals surface area (Å²) in [6.45, 7) is 2.13. The summed E-state index contributed by atoms with van der Waals surface area (Å²) in [5, 5.41) is 0. The molecule has 2 aromatic carbocycles. The smallest absolute Gasteiger partial charge is 0.0633 e. The first-order valence-electron chi connectivity index (χ1n) is 5.68. The standard InChI is InChI=1S/C15H14BrN/c1-2-15(12-8-10-13(16)11-9-12)17-14-6-4-3-5-7-14/h3-11H,2H2,1H3. The Bertz CT molecular complexity index is 500. The van der Waals surface area contributed by atoms with Crippen LogP contribution in [-0.2, 0) is 0 Å². The maximum absolute atomic E-state index is 4.68. The van der Waals surface area contributed by atoms with Gasteiger partial charge in [0.25, 0.3) is 0 Å². The molecule has 0 aliphatic heterocycles. The van der Waals surface area contributed by atoms with Crippen LogP contribution in [0.3, 0.4) is 0 Å². The summed E-state index contributed by atoms with van der Waals surface area (Å²) in [5.74, 6) is 0. The lowest BCUT2D eigenvalue weighted by molar-refractivity contribution is 1.26. The van der Waals surface area contributed by atoms with Gasteiger partial charge in [0.2, 0.25) is 0 Å². The number of benzene rings is 2. The van der Waals surface area contributed by atoms with Gasteiger partial charge in [0.15, 0.2) is 0 Å². The van der Waals surface area contributed by atoms with Gasteiger partial charge in [-0.3, -0.25) is 4.99 Å². The van der Waals surface area contributed by atoms with Gasteiger partial charge in [-0.2, -0.15) is 0 Å². The number of rotatable bonds is 3. The second-order valence-corrected chi connectivity index (χ2v) is 4.67. The van der Waals surface area contributed by atoms with Crippen LogP contribution in [-0.4, -0.2) is 5.71 Å². The molecule has 0 bridgehead atoms. The molecule has 0 N–H and O–H groups in total. The molecule has 86 valence electrons. The van der Waals surface area contributed by atoms with Gasteiger partial charge in [-0.05, 0) is 36.2 Å². The predicted octanol–water partition coefficient (Wildman–Crippen LogP) is 4.98. The zero-order valence-corrected chi connectivity index (χ0v) is 11.3.